The van der Waals surface area contributed by atoms with Crippen LogP contribution in [-0.2, 0) is 11.4 Å². The lowest BCUT2D eigenvalue weighted by atomic mass is 9.76. The average Bonchev–Trinajstić information content (AvgIpc) is 2.56. The summed E-state index contributed by atoms with van der Waals surface area (Å²) in [5.74, 6) is 0.678. The monoisotopic (exact) mass is 362 g/mol. The highest BCUT2D eigenvalue weighted by Gasteiger charge is 2.46. The van der Waals surface area contributed by atoms with Gasteiger partial charge in [-0.2, -0.15) is 0 Å². The van der Waals surface area contributed by atoms with Crippen molar-refractivity contribution in [2.24, 2.45) is 5.92 Å². The maximum absolute atomic E-state index is 12.9. The summed E-state index contributed by atoms with van der Waals surface area (Å²) in [7, 11) is 0. The third-order valence-electron chi connectivity index (χ3n) is 5.28. The van der Waals surface area contributed by atoms with Crippen molar-refractivity contribution in [3.8, 4) is 0 Å². The minimum absolute atomic E-state index is 0.0150. The molecule has 0 spiro atoms. The van der Waals surface area contributed by atoms with Crippen molar-refractivity contribution in [1.82, 2.24) is 9.62 Å². The Hall–Kier alpha value is -0.810. The van der Waals surface area contributed by atoms with Gasteiger partial charge in [0.2, 0.25) is 0 Å². The van der Waals surface area contributed by atoms with Crippen molar-refractivity contribution in [1.29, 1.82) is 0 Å². The lowest BCUT2D eigenvalue weighted by Crippen LogP contribution is -2.60. The standard InChI is InChI=1S/C21H34N2OS/c1-7-15-23-16-17(2)13-14-21(23,6)19(18-11-9-8-10-12-18)22-25(24)20(3,4)5/h7-12,17,19,22H,1,13-16H2,2-6H3/t17?,19-,21?,25-/m0/s1. The summed E-state index contributed by atoms with van der Waals surface area (Å²) in [6.45, 7) is 16.5. The van der Waals surface area contributed by atoms with Gasteiger partial charge in [-0.3, -0.25) is 4.90 Å². The molecule has 140 valence electrons. The van der Waals surface area contributed by atoms with E-state index in [1.807, 2.05) is 32.9 Å². The molecule has 1 aromatic rings. The van der Waals surface area contributed by atoms with Crippen LogP contribution >= 0.6 is 0 Å². The van der Waals surface area contributed by atoms with Gasteiger partial charge in [0.25, 0.3) is 0 Å². The van der Waals surface area contributed by atoms with E-state index in [2.05, 4.69) is 54.3 Å². The summed E-state index contributed by atoms with van der Waals surface area (Å²) in [5, 5.41) is 0. The zero-order valence-electron chi connectivity index (χ0n) is 16.4. The van der Waals surface area contributed by atoms with Crippen LogP contribution in [0.3, 0.4) is 0 Å². The van der Waals surface area contributed by atoms with Gasteiger partial charge in [0.05, 0.1) is 6.04 Å². The predicted molar refractivity (Wildman–Crippen MR) is 109 cm³/mol. The second-order valence-corrected chi connectivity index (χ2v) is 10.5. The zero-order valence-corrected chi connectivity index (χ0v) is 17.2. The molecule has 0 aliphatic carbocycles. The Kier molecular flexibility index (Phi) is 6.77. The number of nitrogens with one attached hydrogen (secondary N) is 1. The van der Waals surface area contributed by atoms with Gasteiger partial charge in [-0.25, -0.2) is 0 Å². The molecule has 1 aromatic carbocycles. The van der Waals surface area contributed by atoms with Gasteiger partial charge < -0.3 is 4.55 Å². The molecule has 0 saturated carbocycles. The van der Waals surface area contributed by atoms with Crippen LogP contribution in [-0.4, -0.2) is 32.8 Å². The number of piperidine rings is 1. The summed E-state index contributed by atoms with van der Waals surface area (Å²) in [5.41, 5.74) is 1.11. The van der Waals surface area contributed by atoms with Crippen LogP contribution in [0.2, 0.25) is 0 Å². The molecule has 2 rings (SSSR count). The Morgan fingerprint density at radius 1 is 1.40 bits per heavy atom. The second-order valence-electron chi connectivity index (χ2n) is 8.54. The van der Waals surface area contributed by atoms with E-state index >= 15 is 0 Å². The first-order valence-electron chi connectivity index (χ1n) is 9.27. The molecule has 0 radical (unpaired) electrons. The van der Waals surface area contributed by atoms with Gasteiger partial charge >= 0.3 is 0 Å². The maximum atomic E-state index is 12.9. The van der Waals surface area contributed by atoms with Gasteiger partial charge in [-0.05, 0) is 52.0 Å². The van der Waals surface area contributed by atoms with Crippen LogP contribution in [0, 0.1) is 5.92 Å². The summed E-state index contributed by atoms with van der Waals surface area (Å²) in [6, 6.07) is 10.5. The maximum Gasteiger partial charge on any atom is 0.136 e. The second kappa shape index (κ2) is 8.26. The highest BCUT2D eigenvalue weighted by atomic mass is 32.2. The topological polar surface area (TPSA) is 38.3 Å². The number of benzene rings is 1. The van der Waals surface area contributed by atoms with E-state index in [1.165, 1.54) is 12.0 Å². The Bertz CT molecular complexity index is 557. The Morgan fingerprint density at radius 3 is 2.60 bits per heavy atom. The Morgan fingerprint density at radius 2 is 2.04 bits per heavy atom. The van der Waals surface area contributed by atoms with Crippen molar-refractivity contribution < 1.29 is 4.55 Å². The highest BCUT2D eigenvalue weighted by molar-refractivity contribution is 7.90. The molecular formula is C21H34N2OS. The summed E-state index contributed by atoms with van der Waals surface area (Å²) in [6.07, 6.45) is 4.26. The van der Waals surface area contributed by atoms with Crippen LogP contribution in [0.5, 0.6) is 0 Å². The van der Waals surface area contributed by atoms with E-state index in [9.17, 15) is 4.55 Å². The van der Waals surface area contributed by atoms with Crippen LogP contribution in [0.25, 0.3) is 0 Å². The van der Waals surface area contributed by atoms with Crippen molar-refractivity contribution >= 4 is 11.4 Å². The molecule has 1 aliphatic heterocycles. The highest BCUT2D eigenvalue weighted by Crippen LogP contribution is 2.41. The third-order valence-corrected chi connectivity index (χ3v) is 6.85. The molecular weight excluding hydrogens is 328 g/mol. The fourth-order valence-electron chi connectivity index (χ4n) is 3.62. The van der Waals surface area contributed by atoms with Gasteiger partial charge in [0.15, 0.2) is 0 Å². The van der Waals surface area contributed by atoms with E-state index < -0.39 is 11.4 Å². The van der Waals surface area contributed by atoms with Crippen LogP contribution in [0.4, 0.5) is 0 Å². The van der Waals surface area contributed by atoms with E-state index in [4.69, 9.17) is 0 Å². The number of nitrogens with zero attached hydrogens (tertiary/aromatic N) is 1. The first-order chi connectivity index (χ1) is 11.7. The molecule has 0 bridgehead atoms. The molecule has 1 heterocycles. The lowest BCUT2D eigenvalue weighted by molar-refractivity contribution is 0.0219. The molecule has 3 nitrogen and oxygen atoms in total. The van der Waals surface area contributed by atoms with Gasteiger partial charge in [0, 0.05) is 30.0 Å². The number of rotatable bonds is 6. The van der Waals surface area contributed by atoms with Crippen LogP contribution in [0.15, 0.2) is 43.0 Å². The average molecular weight is 363 g/mol. The summed E-state index contributed by atoms with van der Waals surface area (Å²) >= 11 is -1.13. The molecule has 4 atom stereocenters. The largest absolute Gasteiger partial charge is 0.598 e. The van der Waals surface area contributed by atoms with Crippen molar-refractivity contribution in [2.75, 3.05) is 13.1 Å². The van der Waals surface area contributed by atoms with Crippen molar-refractivity contribution in [2.45, 2.75) is 63.8 Å². The Balaban J connectivity index is 2.40. The van der Waals surface area contributed by atoms with E-state index in [0.29, 0.717) is 5.92 Å². The quantitative estimate of drug-likeness (QED) is 0.600. The fourth-order valence-corrected chi connectivity index (χ4v) is 4.58. The number of hydrogen-bond donors (Lipinski definition) is 1. The molecule has 1 N–H and O–H groups in total. The first kappa shape index (κ1) is 20.5. The molecule has 1 fully saturated rings. The molecule has 0 aromatic heterocycles. The molecule has 25 heavy (non-hydrogen) atoms. The molecule has 0 amide bonds. The molecule has 4 heteroatoms. The van der Waals surface area contributed by atoms with Crippen LogP contribution in [0.1, 0.15) is 59.1 Å². The van der Waals surface area contributed by atoms with Gasteiger partial charge in [-0.1, -0.05) is 43.3 Å². The van der Waals surface area contributed by atoms with E-state index in [-0.39, 0.29) is 16.3 Å². The summed E-state index contributed by atoms with van der Waals surface area (Å²) < 4.78 is 16.1. The first-order valence-corrected chi connectivity index (χ1v) is 10.4. The minimum Gasteiger partial charge on any atom is -0.598 e. The number of likely N-dealkylation sites (tertiary alicyclic amines) is 1. The summed E-state index contributed by atoms with van der Waals surface area (Å²) in [4.78, 5) is 2.51. The molecule has 2 unspecified atom stereocenters. The zero-order chi connectivity index (χ0) is 18.7. The SMILES string of the molecule is C=CCN1CC(C)CCC1(C)[C@@H](N[S@@+]([O-])C(C)(C)C)c1ccccc1. The molecule has 1 aliphatic rings. The van der Waals surface area contributed by atoms with Crippen molar-refractivity contribution in [3.63, 3.8) is 0 Å². The normalized spacial score (nSPS) is 27.7. The van der Waals surface area contributed by atoms with E-state index in [0.717, 1.165) is 19.5 Å². The lowest BCUT2D eigenvalue weighted by Gasteiger charge is -2.51. The minimum atomic E-state index is -1.13. The smallest absolute Gasteiger partial charge is 0.136 e. The third kappa shape index (κ3) is 4.88. The van der Waals surface area contributed by atoms with Gasteiger partial charge in [-0.15, -0.1) is 11.3 Å². The van der Waals surface area contributed by atoms with E-state index in [1.54, 1.807) is 0 Å². The van der Waals surface area contributed by atoms with Crippen LogP contribution < -0.4 is 4.72 Å². The Labute approximate surface area is 157 Å². The number of hydrogen-bond acceptors (Lipinski definition) is 3. The predicted octanol–water partition coefficient (Wildman–Crippen LogP) is 4.46. The van der Waals surface area contributed by atoms with Crippen molar-refractivity contribution in [3.05, 3.63) is 48.6 Å². The molecule has 1 saturated heterocycles. The van der Waals surface area contributed by atoms with Gasteiger partial charge in [0.1, 0.15) is 4.75 Å². The fraction of sp³-hybridized carbons (Fsp3) is 0.619.